The van der Waals surface area contributed by atoms with Crippen LogP contribution in [0.15, 0.2) is 17.6 Å². The number of esters is 1. The van der Waals surface area contributed by atoms with Gasteiger partial charge in [-0.05, 0) is 12.5 Å². The van der Waals surface area contributed by atoms with E-state index in [1.807, 2.05) is 6.07 Å². The topological polar surface area (TPSA) is 103 Å². The number of aromatic nitrogens is 3. The quantitative estimate of drug-likeness (QED) is 0.806. The molecule has 3 rings (SSSR count). The number of primary amides is 1. The molecule has 9 heteroatoms. The third-order valence-electron chi connectivity index (χ3n) is 3.84. The summed E-state index contributed by atoms with van der Waals surface area (Å²) in [5, 5.41) is 9.63. The number of nitrogens with two attached hydrogens (primary N) is 1. The average molecular weight is 335 g/mol. The van der Waals surface area contributed by atoms with Gasteiger partial charge in [0.25, 0.3) is 0 Å². The number of amides is 1. The van der Waals surface area contributed by atoms with Crippen molar-refractivity contribution in [3.05, 3.63) is 33.8 Å². The van der Waals surface area contributed by atoms with Crippen LogP contribution >= 0.6 is 11.3 Å². The van der Waals surface area contributed by atoms with E-state index in [0.29, 0.717) is 5.56 Å². The number of hydrogen-bond donors (Lipinski definition) is 1. The van der Waals surface area contributed by atoms with Crippen molar-refractivity contribution in [2.24, 2.45) is 5.73 Å². The van der Waals surface area contributed by atoms with Crippen molar-refractivity contribution in [1.82, 2.24) is 19.9 Å². The lowest BCUT2D eigenvalue weighted by Gasteiger charge is -2.14. The van der Waals surface area contributed by atoms with Gasteiger partial charge < -0.3 is 10.5 Å². The number of likely N-dealkylation sites (tertiary alicyclic amines) is 1. The van der Waals surface area contributed by atoms with Crippen LogP contribution in [0, 0.1) is 0 Å². The first-order valence-corrected chi connectivity index (χ1v) is 8.04. The number of carbonyl (C=O) groups is 2. The Kier molecular flexibility index (Phi) is 4.39. The molecule has 0 saturated carbocycles. The summed E-state index contributed by atoms with van der Waals surface area (Å²) in [4.78, 5) is 25.9. The maximum Gasteiger partial charge on any atom is 0.360 e. The molecule has 8 nitrogen and oxygen atoms in total. The molecular formula is C14H17N5O3S. The Morgan fingerprint density at radius 1 is 1.52 bits per heavy atom. The first kappa shape index (κ1) is 15.6. The smallest absolute Gasteiger partial charge is 0.360 e. The van der Waals surface area contributed by atoms with E-state index in [4.69, 9.17) is 5.73 Å². The molecular weight excluding hydrogens is 318 g/mol. The molecule has 0 aliphatic carbocycles. The van der Waals surface area contributed by atoms with E-state index in [1.54, 1.807) is 16.3 Å². The van der Waals surface area contributed by atoms with E-state index in [2.05, 4.69) is 19.9 Å². The highest BCUT2D eigenvalue weighted by atomic mass is 32.1. The molecule has 1 aliphatic heterocycles. The van der Waals surface area contributed by atoms with Gasteiger partial charge in [-0.15, -0.1) is 16.4 Å². The molecule has 2 N–H and O–H groups in total. The summed E-state index contributed by atoms with van der Waals surface area (Å²) in [6, 6.07) is 2.02. The van der Waals surface area contributed by atoms with Crippen molar-refractivity contribution in [2.45, 2.75) is 19.0 Å². The molecule has 1 saturated heterocycles. The van der Waals surface area contributed by atoms with Crippen LogP contribution in [0.5, 0.6) is 0 Å². The van der Waals surface area contributed by atoms with Crippen molar-refractivity contribution >= 4 is 23.2 Å². The number of thiophene rings is 1. The maximum absolute atomic E-state index is 11.4. The number of hydrogen-bond acceptors (Lipinski definition) is 7. The van der Waals surface area contributed by atoms with E-state index in [9.17, 15) is 9.59 Å². The average Bonchev–Trinajstić information content (AvgIpc) is 3.26. The van der Waals surface area contributed by atoms with Gasteiger partial charge in [0.1, 0.15) is 0 Å². The van der Waals surface area contributed by atoms with Crippen LogP contribution in [-0.4, -0.2) is 52.0 Å². The van der Waals surface area contributed by atoms with Crippen molar-refractivity contribution in [3.63, 3.8) is 0 Å². The minimum Gasteiger partial charge on any atom is -0.464 e. The fourth-order valence-corrected chi connectivity index (χ4v) is 3.55. The highest BCUT2D eigenvalue weighted by molar-refractivity contribution is 7.10. The minimum absolute atomic E-state index is 0.177. The molecule has 2 aromatic rings. The molecule has 1 fully saturated rings. The van der Waals surface area contributed by atoms with Gasteiger partial charge in [0, 0.05) is 29.9 Å². The standard InChI is InChI=1S/C14H17N5O3S/c1-22-14(21)12-7-19(17-16-12)10-2-3-18(5-10)6-11-4-9(8-23-11)13(15)20/h4,7-8,10H,2-3,5-6H2,1H3,(H2,15,20). The Balaban J connectivity index is 1.60. The number of rotatable bonds is 5. The number of nitrogens with zero attached hydrogens (tertiary/aromatic N) is 4. The normalized spacial score (nSPS) is 18.2. The summed E-state index contributed by atoms with van der Waals surface area (Å²) in [7, 11) is 1.32. The van der Waals surface area contributed by atoms with Crippen LogP contribution in [0.2, 0.25) is 0 Å². The summed E-state index contributed by atoms with van der Waals surface area (Å²) < 4.78 is 6.35. The van der Waals surface area contributed by atoms with Crippen LogP contribution < -0.4 is 5.73 Å². The molecule has 0 bridgehead atoms. The second-order valence-corrected chi connectivity index (χ2v) is 6.41. The van der Waals surface area contributed by atoms with Crippen LogP contribution in [0.25, 0.3) is 0 Å². The van der Waals surface area contributed by atoms with Crippen molar-refractivity contribution in [1.29, 1.82) is 0 Å². The van der Waals surface area contributed by atoms with Gasteiger partial charge in [-0.2, -0.15) is 0 Å². The molecule has 1 atom stereocenters. The lowest BCUT2D eigenvalue weighted by atomic mass is 10.3. The first-order chi connectivity index (χ1) is 11.1. The van der Waals surface area contributed by atoms with Gasteiger partial charge in [-0.1, -0.05) is 5.21 Å². The summed E-state index contributed by atoms with van der Waals surface area (Å²) in [6.07, 6.45) is 2.55. The second-order valence-electron chi connectivity index (χ2n) is 5.42. The Morgan fingerprint density at radius 2 is 2.35 bits per heavy atom. The van der Waals surface area contributed by atoms with E-state index in [0.717, 1.165) is 30.9 Å². The predicted octanol–water partition coefficient (Wildman–Crippen LogP) is 0.672. The van der Waals surface area contributed by atoms with Gasteiger partial charge in [-0.3, -0.25) is 9.69 Å². The molecule has 1 aliphatic rings. The Bertz CT molecular complexity index is 726. The Labute approximate surface area is 136 Å². The van der Waals surface area contributed by atoms with Gasteiger partial charge in [0.05, 0.1) is 24.9 Å². The molecule has 0 aromatic carbocycles. The molecule has 122 valence electrons. The predicted molar refractivity (Wildman–Crippen MR) is 83.1 cm³/mol. The lowest BCUT2D eigenvalue weighted by Crippen LogP contribution is -2.21. The Hall–Kier alpha value is -2.26. The summed E-state index contributed by atoms with van der Waals surface area (Å²) in [6.45, 7) is 2.50. The van der Waals surface area contributed by atoms with E-state index in [1.165, 1.54) is 18.4 Å². The highest BCUT2D eigenvalue weighted by Crippen LogP contribution is 2.24. The van der Waals surface area contributed by atoms with Gasteiger partial charge in [0.15, 0.2) is 5.69 Å². The van der Waals surface area contributed by atoms with Gasteiger partial charge >= 0.3 is 5.97 Å². The van der Waals surface area contributed by atoms with E-state index < -0.39 is 11.9 Å². The van der Waals surface area contributed by atoms with Gasteiger partial charge in [-0.25, -0.2) is 9.48 Å². The Morgan fingerprint density at radius 3 is 3.04 bits per heavy atom. The fraction of sp³-hybridized carbons (Fsp3) is 0.429. The summed E-state index contributed by atoms with van der Waals surface area (Å²) in [5.41, 5.74) is 6.04. The first-order valence-electron chi connectivity index (χ1n) is 7.16. The van der Waals surface area contributed by atoms with Crippen LogP contribution in [0.4, 0.5) is 0 Å². The molecule has 3 heterocycles. The van der Waals surface area contributed by atoms with Crippen molar-refractivity contribution in [3.8, 4) is 0 Å². The zero-order valence-corrected chi connectivity index (χ0v) is 13.5. The second kappa shape index (κ2) is 6.47. The molecule has 1 unspecified atom stereocenters. The maximum atomic E-state index is 11.4. The lowest BCUT2D eigenvalue weighted by molar-refractivity contribution is 0.0593. The highest BCUT2D eigenvalue weighted by Gasteiger charge is 2.26. The van der Waals surface area contributed by atoms with Crippen LogP contribution in [0.1, 0.15) is 38.2 Å². The van der Waals surface area contributed by atoms with Gasteiger partial charge in [0.2, 0.25) is 5.91 Å². The fourth-order valence-electron chi connectivity index (χ4n) is 2.64. The number of methoxy groups -OCH3 is 1. The third kappa shape index (κ3) is 3.40. The van der Waals surface area contributed by atoms with Crippen molar-refractivity contribution in [2.75, 3.05) is 20.2 Å². The number of carbonyl (C=O) groups excluding carboxylic acids is 2. The van der Waals surface area contributed by atoms with E-state index in [-0.39, 0.29) is 11.7 Å². The minimum atomic E-state index is -0.483. The molecule has 0 radical (unpaired) electrons. The molecule has 2 aromatic heterocycles. The van der Waals surface area contributed by atoms with Crippen molar-refractivity contribution < 1.29 is 14.3 Å². The summed E-state index contributed by atoms with van der Waals surface area (Å²) >= 11 is 1.53. The molecule has 23 heavy (non-hydrogen) atoms. The zero-order chi connectivity index (χ0) is 16.4. The zero-order valence-electron chi connectivity index (χ0n) is 12.6. The molecule has 1 amide bonds. The molecule has 0 spiro atoms. The van der Waals surface area contributed by atoms with E-state index >= 15 is 0 Å². The SMILES string of the molecule is COC(=O)c1cn(C2CCN(Cc3cc(C(N)=O)cs3)C2)nn1. The summed E-state index contributed by atoms with van der Waals surface area (Å²) in [5.74, 6) is -0.881. The number of ether oxygens (including phenoxy) is 1. The largest absolute Gasteiger partial charge is 0.464 e. The van der Waals surface area contributed by atoms with Crippen LogP contribution in [-0.2, 0) is 11.3 Å². The monoisotopic (exact) mass is 335 g/mol. The van der Waals surface area contributed by atoms with Crippen LogP contribution in [0.3, 0.4) is 0 Å². The third-order valence-corrected chi connectivity index (χ3v) is 4.77.